The van der Waals surface area contributed by atoms with Gasteiger partial charge in [0, 0.05) is 22.4 Å². The maximum absolute atomic E-state index is 13.1. The SMILES string of the molecule is NC(=O)c1ccc(-c2nnn(CC(=O)N3N=C(c4cccs4)C[C@H]3c3cccs3)n2)cc1. The Bertz CT molecular complexity index is 1280. The van der Waals surface area contributed by atoms with Gasteiger partial charge >= 0.3 is 0 Å². The molecule has 0 unspecified atom stereocenters. The van der Waals surface area contributed by atoms with E-state index >= 15 is 0 Å². The first kappa shape index (κ1) is 20.2. The van der Waals surface area contributed by atoms with Crippen LogP contribution in [0.3, 0.4) is 0 Å². The minimum absolute atomic E-state index is 0.0878. The lowest BCUT2D eigenvalue weighted by Crippen LogP contribution is -2.30. The average Bonchev–Trinajstić information content (AvgIpc) is 3.60. The van der Waals surface area contributed by atoms with Crippen molar-refractivity contribution in [1.29, 1.82) is 0 Å². The number of hydrogen-bond acceptors (Lipinski definition) is 8. The summed E-state index contributed by atoms with van der Waals surface area (Å²) in [4.78, 5) is 27.8. The largest absolute Gasteiger partial charge is 0.366 e. The van der Waals surface area contributed by atoms with E-state index in [-0.39, 0.29) is 18.5 Å². The molecule has 2 N–H and O–H groups in total. The highest BCUT2D eigenvalue weighted by Crippen LogP contribution is 2.36. The molecule has 9 nitrogen and oxygen atoms in total. The number of carbonyl (C=O) groups is 2. The van der Waals surface area contributed by atoms with Crippen molar-refractivity contribution < 1.29 is 9.59 Å². The van der Waals surface area contributed by atoms with Gasteiger partial charge in [0.15, 0.2) is 0 Å². The van der Waals surface area contributed by atoms with Crippen LogP contribution in [0.15, 0.2) is 64.4 Å². The van der Waals surface area contributed by atoms with Crippen LogP contribution >= 0.6 is 22.7 Å². The second-order valence-electron chi connectivity index (χ2n) is 7.08. The fourth-order valence-corrected chi connectivity index (χ4v) is 4.97. The number of hydrazone groups is 1. The number of primary amides is 1. The molecule has 0 radical (unpaired) electrons. The van der Waals surface area contributed by atoms with E-state index in [0.717, 1.165) is 15.5 Å². The van der Waals surface area contributed by atoms with Gasteiger partial charge in [0.1, 0.15) is 6.54 Å². The topological polar surface area (TPSA) is 119 Å². The molecule has 1 aliphatic rings. The van der Waals surface area contributed by atoms with Crippen molar-refractivity contribution in [3.8, 4) is 11.4 Å². The molecule has 5 rings (SSSR count). The van der Waals surface area contributed by atoms with Gasteiger partial charge < -0.3 is 5.73 Å². The fraction of sp³-hybridized carbons (Fsp3) is 0.143. The lowest BCUT2D eigenvalue weighted by molar-refractivity contribution is -0.134. The Labute approximate surface area is 190 Å². The molecule has 3 aromatic heterocycles. The van der Waals surface area contributed by atoms with Crippen LogP contribution in [0.1, 0.15) is 32.6 Å². The van der Waals surface area contributed by atoms with Crippen LogP contribution in [0.4, 0.5) is 0 Å². The highest BCUT2D eigenvalue weighted by molar-refractivity contribution is 7.12. The zero-order valence-corrected chi connectivity index (χ0v) is 18.3. The first-order valence-corrected chi connectivity index (χ1v) is 11.5. The number of rotatable bonds is 6. The summed E-state index contributed by atoms with van der Waals surface area (Å²) in [7, 11) is 0. The maximum atomic E-state index is 13.1. The van der Waals surface area contributed by atoms with E-state index in [1.807, 2.05) is 35.0 Å². The van der Waals surface area contributed by atoms with Gasteiger partial charge in [0.05, 0.1) is 16.6 Å². The number of tetrazole rings is 1. The summed E-state index contributed by atoms with van der Waals surface area (Å²) in [5.41, 5.74) is 7.23. The fourth-order valence-electron chi connectivity index (χ4n) is 3.44. The van der Waals surface area contributed by atoms with Gasteiger partial charge in [0.25, 0.3) is 5.91 Å². The van der Waals surface area contributed by atoms with Crippen LogP contribution in [0.5, 0.6) is 0 Å². The normalized spacial score (nSPS) is 15.7. The third kappa shape index (κ3) is 3.95. The third-order valence-corrected chi connectivity index (χ3v) is 6.89. The molecule has 0 saturated carbocycles. The van der Waals surface area contributed by atoms with Crippen molar-refractivity contribution >= 4 is 40.2 Å². The summed E-state index contributed by atoms with van der Waals surface area (Å²) in [5.74, 6) is -0.372. The molecule has 11 heteroatoms. The van der Waals surface area contributed by atoms with Crippen LogP contribution in [0, 0.1) is 0 Å². The van der Waals surface area contributed by atoms with Crippen LogP contribution in [-0.2, 0) is 11.3 Å². The number of carbonyl (C=O) groups excluding carboxylic acids is 2. The highest BCUT2D eigenvalue weighted by atomic mass is 32.1. The van der Waals surface area contributed by atoms with E-state index in [4.69, 9.17) is 5.73 Å². The molecule has 0 aliphatic carbocycles. The molecule has 2 amide bonds. The van der Waals surface area contributed by atoms with Crippen molar-refractivity contribution in [2.24, 2.45) is 10.8 Å². The number of benzene rings is 1. The number of amides is 2. The molecule has 160 valence electrons. The maximum Gasteiger partial charge on any atom is 0.266 e. The summed E-state index contributed by atoms with van der Waals surface area (Å²) in [6, 6.07) is 14.4. The van der Waals surface area contributed by atoms with E-state index < -0.39 is 5.91 Å². The summed E-state index contributed by atoms with van der Waals surface area (Å²) < 4.78 is 0. The van der Waals surface area contributed by atoms with Crippen molar-refractivity contribution in [2.45, 2.75) is 19.0 Å². The molecule has 0 saturated heterocycles. The zero-order chi connectivity index (χ0) is 22.1. The molecular weight excluding hydrogens is 446 g/mol. The summed E-state index contributed by atoms with van der Waals surface area (Å²) in [6.45, 7) is -0.0878. The molecule has 0 bridgehead atoms. The molecule has 1 aromatic carbocycles. The minimum Gasteiger partial charge on any atom is -0.366 e. The third-order valence-electron chi connectivity index (χ3n) is 5.00. The molecule has 0 fully saturated rings. The summed E-state index contributed by atoms with van der Waals surface area (Å²) in [5, 5.41) is 22.5. The molecule has 1 atom stereocenters. The first-order chi connectivity index (χ1) is 15.6. The standard InChI is InChI=1S/C21H17N7O2S2/c22-20(30)13-5-7-14(8-6-13)21-23-26-27(25-21)12-19(29)28-16(18-4-2-10-32-18)11-15(24-28)17-3-1-9-31-17/h1-10,16H,11-12H2,(H2,22,30)/t16-/m0/s1. The molecule has 1 aliphatic heterocycles. The Kier molecular flexibility index (Phi) is 5.33. The van der Waals surface area contributed by atoms with E-state index in [1.54, 1.807) is 46.9 Å². The quantitative estimate of drug-likeness (QED) is 0.471. The number of hydrogen-bond donors (Lipinski definition) is 1. The Morgan fingerprint density at radius 2 is 1.84 bits per heavy atom. The Balaban J connectivity index is 1.36. The van der Waals surface area contributed by atoms with Gasteiger partial charge in [-0.05, 0) is 40.2 Å². The first-order valence-electron chi connectivity index (χ1n) is 9.73. The van der Waals surface area contributed by atoms with Gasteiger partial charge in [0.2, 0.25) is 11.7 Å². The summed E-state index contributed by atoms with van der Waals surface area (Å²) >= 11 is 3.21. The van der Waals surface area contributed by atoms with E-state index in [1.165, 1.54) is 9.81 Å². The minimum atomic E-state index is -0.507. The Morgan fingerprint density at radius 3 is 2.53 bits per heavy atom. The molecular formula is C21H17N7O2S2. The van der Waals surface area contributed by atoms with Crippen molar-refractivity contribution in [3.63, 3.8) is 0 Å². The molecule has 0 spiro atoms. The average molecular weight is 464 g/mol. The molecule has 4 heterocycles. The van der Waals surface area contributed by atoms with Crippen LogP contribution in [0.25, 0.3) is 11.4 Å². The predicted octanol–water partition coefficient (Wildman–Crippen LogP) is 2.94. The second kappa shape index (κ2) is 8.44. The second-order valence-corrected chi connectivity index (χ2v) is 9.01. The zero-order valence-electron chi connectivity index (χ0n) is 16.7. The lowest BCUT2D eigenvalue weighted by atomic mass is 10.1. The monoisotopic (exact) mass is 463 g/mol. The number of nitrogens with zero attached hydrogens (tertiary/aromatic N) is 6. The lowest BCUT2D eigenvalue weighted by Gasteiger charge is -2.20. The molecule has 4 aromatic rings. The van der Waals surface area contributed by atoms with Gasteiger partial charge in [-0.15, -0.1) is 32.9 Å². The summed E-state index contributed by atoms with van der Waals surface area (Å²) in [6.07, 6.45) is 0.662. The number of nitrogens with two attached hydrogens (primary N) is 1. The van der Waals surface area contributed by atoms with E-state index in [9.17, 15) is 9.59 Å². The van der Waals surface area contributed by atoms with Crippen LogP contribution in [0.2, 0.25) is 0 Å². The van der Waals surface area contributed by atoms with Crippen molar-refractivity contribution in [2.75, 3.05) is 0 Å². The Hall–Kier alpha value is -3.70. The van der Waals surface area contributed by atoms with E-state index in [2.05, 4.69) is 20.5 Å². The van der Waals surface area contributed by atoms with Gasteiger partial charge in [-0.3, -0.25) is 9.59 Å². The van der Waals surface area contributed by atoms with Gasteiger partial charge in [-0.1, -0.05) is 24.3 Å². The van der Waals surface area contributed by atoms with Crippen LogP contribution in [-0.4, -0.2) is 42.7 Å². The highest BCUT2D eigenvalue weighted by Gasteiger charge is 2.34. The Morgan fingerprint density at radius 1 is 1.06 bits per heavy atom. The van der Waals surface area contributed by atoms with Crippen LogP contribution < -0.4 is 5.73 Å². The smallest absolute Gasteiger partial charge is 0.266 e. The van der Waals surface area contributed by atoms with Gasteiger partial charge in [-0.2, -0.15) is 9.90 Å². The number of thiophene rings is 2. The predicted molar refractivity (Wildman–Crippen MR) is 121 cm³/mol. The van der Waals surface area contributed by atoms with Crippen molar-refractivity contribution in [3.05, 3.63) is 74.6 Å². The van der Waals surface area contributed by atoms with E-state index in [0.29, 0.717) is 23.4 Å². The van der Waals surface area contributed by atoms with Crippen molar-refractivity contribution in [1.82, 2.24) is 25.2 Å². The number of aromatic nitrogens is 4. The molecule has 32 heavy (non-hydrogen) atoms. The van der Waals surface area contributed by atoms with Gasteiger partial charge in [-0.25, -0.2) is 5.01 Å².